The molecule has 0 amide bonds. The van der Waals surface area contributed by atoms with Crippen LogP contribution in [0, 0.1) is 0 Å². The van der Waals surface area contributed by atoms with Gasteiger partial charge in [0.1, 0.15) is 11.4 Å². The van der Waals surface area contributed by atoms with Crippen LogP contribution in [0.15, 0.2) is 40.5 Å². The Morgan fingerprint density at radius 1 is 0.867 bits per heavy atom. The molecule has 1 atom stereocenters. The SMILES string of the molecule is CCC1C(C(C)=O)=NN=C(c2ccc(OC)c(OC)c2)c2cc(OC)c(OC)cc21. The molecule has 158 valence electrons. The zero-order valence-electron chi connectivity index (χ0n) is 18.1. The van der Waals surface area contributed by atoms with Gasteiger partial charge in [-0.1, -0.05) is 6.92 Å². The Hall–Kier alpha value is -3.35. The van der Waals surface area contributed by atoms with Gasteiger partial charge in [0.15, 0.2) is 28.8 Å². The fourth-order valence-corrected chi connectivity index (χ4v) is 3.69. The third kappa shape index (κ3) is 3.75. The molecule has 7 nitrogen and oxygen atoms in total. The van der Waals surface area contributed by atoms with E-state index in [0.717, 1.165) is 16.7 Å². The monoisotopic (exact) mass is 410 g/mol. The van der Waals surface area contributed by atoms with E-state index in [0.29, 0.717) is 40.8 Å². The minimum atomic E-state index is -0.210. The highest BCUT2D eigenvalue weighted by atomic mass is 16.5. The van der Waals surface area contributed by atoms with E-state index in [1.54, 1.807) is 28.4 Å². The smallest absolute Gasteiger partial charge is 0.176 e. The van der Waals surface area contributed by atoms with Crippen LogP contribution in [0.3, 0.4) is 0 Å². The average Bonchev–Trinajstić information content (AvgIpc) is 2.93. The van der Waals surface area contributed by atoms with Gasteiger partial charge in [0.2, 0.25) is 0 Å². The summed E-state index contributed by atoms with van der Waals surface area (Å²) in [7, 11) is 6.34. The molecule has 1 aliphatic rings. The van der Waals surface area contributed by atoms with E-state index in [4.69, 9.17) is 18.9 Å². The molecular formula is C23H26N2O5. The summed E-state index contributed by atoms with van der Waals surface area (Å²) in [4.78, 5) is 12.3. The number of benzene rings is 2. The first-order valence-corrected chi connectivity index (χ1v) is 9.64. The Kier molecular flexibility index (Phi) is 6.40. The van der Waals surface area contributed by atoms with Gasteiger partial charge in [0.25, 0.3) is 0 Å². The third-order valence-electron chi connectivity index (χ3n) is 5.20. The van der Waals surface area contributed by atoms with Crippen LogP contribution in [0.4, 0.5) is 0 Å². The lowest BCUT2D eigenvalue weighted by atomic mass is 9.84. The number of rotatable bonds is 7. The van der Waals surface area contributed by atoms with Gasteiger partial charge in [-0.15, -0.1) is 5.10 Å². The number of methoxy groups -OCH3 is 4. The fourth-order valence-electron chi connectivity index (χ4n) is 3.69. The maximum absolute atomic E-state index is 12.3. The Labute approximate surface area is 176 Å². The van der Waals surface area contributed by atoms with Crippen LogP contribution in [0.25, 0.3) is 0 Å². The van der Waals surface area contributed by atoms with Crippen LogP contribution in [-0.4, -0.2) is 45.6 Å². The predicted octanol–water partition coefficient (Wildman–Crippen LogP) is 4.01. The minimum Gasteiger partial charge on any atom is -0.493 e. The molecule has 1 aliphatic heterocycles. The van der Waals surface area contributed by atoms with Gasteiger partial charge in [-0.25, -0.2) is 0 Å². The standard InChI is InChI=1S/C23H26N2O5/c1-7-15-16-11-20(29-5)21(30-6)12-17(16)23(25-24-22(15)13(2)26)14-8-9-18(27-3)19(10-14)28-4/h8-12,15H,7H2,1-6H3. The lowest BCUT2D eigenvalue weighted by molar-refractivity contribution is -0.111. The van der Waals surface area contributed by atoms with Crippen molar-refractivity contribution < 1.29 is 23.7 Å². The van der Waals surface area contributed by atoms with Gasteiger partial charge in [0.05, 0.1) is 28.4 Å². The fraction of sp³-hybridized carbons (Fsp3) is 0.348. The highest BCUT2D eigenvalue weighted by Gasteiger charge is 2.30. The first-order chi connectivity index (χ1) is 14.5. The molecule has 7 heteroatoms. The normalized spacial score (nSPS) is 15.3. The number of hydrogen-bond donors (Lipinski definition) is 0. The summed E-state index contributed by atoms with van der Waals surface area (Å²) in [6.45, 7) is 3.53. The molecule has 1 heterocycles. The van der Waals surface area contributed by atoms with E-state index >= 15 is 0 Å². The average molecular weight is 410 g/mol. The van der Waals surface area contributed by atoms with Crippen LogP contribution in [-0.2, 0) is 4.79 Å². The van der Waals surface area contributed by atoms with Crippen LogP contribution in [0.2, 0.25) is 0 Å². The van der Waals surface area contributed by atoms with Gasteiger partial charge in [-0.2, -0.15) is 5.10 Å². The predicted molar refractivity (Wildman–Crippen MR) is 116 cm³/mol. The number of nitrogens with zero attached hydrogens (tertiary/aromatic N) is 2. The zero-order valence-corrected chi connectivity index (χ0v) is 18.1. The van der Waals surface area contributed by atoms with E-state index in [2.05, 4.69) is 10.2 Å². The Bertz CT molecular complexity index is 1030. The lowest BCUT2D eigenvalue weighted by Gasteiger charge is -2.20. The molecule has 2 aromatic carbocycles. The topological polar surface area (TPSA) is 78.7 Å². The first kappa shape index (κ1) is 21.4. The molecule has 2 aromatic rings. The molecular weight excluding hydrogens is 384 g/mol. The van der Waals surface area contributed by atoms with Crippen molar-refractivity contribution >= 4 is 17.2 Å². The van der Waals surface area contributed by atoms with Crippen molar-refractivity contribution in [2.24, 2.45) is 10.2 Å². The summed E-state index contributed by atoms with van der Waals surface area (Å²) in [5.41, 5.74) is 3.55. The second-order valence-corrected chi connectivity index (χ2v) is 6.82. The molecule has 0 bridgehead atoms. The summed E-state index contributed by atoms with van der Waals surface area (Å²) < 4.78 is 21.8. The number of carbonyl (C=O) groups excluding carboxylic acids is 1. The first-order valence-electron chi connectivity index (χ1n) is 9.64. The van der Waals surface area contributed by atoms with Crippen molar-refractivity contribution in [1.82, 2.24) is 0 Å². The zero-order chi connectivity index (χ0) is 21.8. The van der Waals surface area contributed by atoms with Crippen LogP contribution in [0.5, 0.6) is 23.0 Å². The van der Waals surface area contributed by atoms with Crippen molar-refractivity contribution in [2.75, 3.05) is 28.4 Å². The summed E-state index contributed by atoms with van der Waals surface area (Å²) in [6, 6.07) is 9.32. The van der Waals surface area contributed by atoms with E-state index in [1.807, 2.05) is 37.3 Å². The largest absolute Gasteiger partial charge is 0.493 e. The Morgan fingerprint density at radius 2 is 1.47 bits per heavy atom. The summed E-state index contributed by atoms with van der Waals surface area (Å²) in [6.07, 6.45) is 0.690. The maximum Gasteiger partial charge on any atom is 0.176 e. The summed E-state index contributed by atoms with van der Waals surface area (Å²) >= 11 is 0. The number of carbonyl (C=O) groups is 1. The quantitative estimate of drug-likeness (QED) is 0.689. The molecule has 0 saturated carbocycles. The summed E-state index contributed by atoms with van der Waals surface area (Å²) in [5, 5.41) is 8.85. The van der Waals surface area contributed by atoms with Crippen molar-refractivity contribution in [3.05, 3.63) is 47.0 Å². The molecule has 0 saturated heterocycles. The van der Waals surface area contributed by atoms with Crippen molar-refractivity contribution in [3.63, 3.8) is 0 Å². The highest BCUT2D eigenvalue weighted by molar-refractivity contribution is 6.41. The second kappa shape index (κ2) is 8.98. The lowest BCUT2D eigenvalue weighted by Crippen LogP contribution is -2.20. The molecule has 0 N–H and O–H groups in total. The second-order valence-electron chi connectivity index (χ2n) is 6.82. The van der Waals surface area contributed by atoms with Gasteiger partial charge in [0, 0.05) is 24.0 Å². The molecule has 1 unspecified atom stereocenters. The number of ketones is 1. The van der Waals surface area contributed by atoms with Gasteiger partial charge < -0.3 is 18.9 Å². The number of ether oxygens (including phenoxy) is 4. The van der Waals surface area contributed by atoms with E-state index < -0.39 is 0 Å². The minimum absolute atomic E-state index is 0.111. The summed E-state index contributed by atoms with van der Waals surface area (Å²) in [5.74, 6) is 2.03. The molecule has 0 aromatic heterocycles. The van der Waals surface area contributed by atoms with Gasteiger partial charge in [-0.05, 0) is 42.3 Å². The molecule has 30 heavy (non-hydrogen) atoms. The Balaban J connectivity index is 2.31. The Morgan fingerprint density at radius 3 is 2.03 bits per heavy atom. The molecule has 0 fully saturated rings. The van der Waals surface area contributed by atoms with Crippen molar-refractivity contribution in [2.45, 2.75) is 26.2 Å². The number of fused-ring (bicyclic) bond motifs is 1. The van der Waals surface area contributed by atoms with Crippen LogP contribution >= 0.6 is 0 Å². The molecule has 0 radical (unpaired) electrons. The van der Waals surface area contributed by atoms with E-state index in [1.165, 1.54) is 6.92 Å². The van der Waals surface area contributed by atoms with Crippen molar-refractivity contribution in [1.29, 1.82) is 0 Å². The molecule has 3 rings (SSSR count). The number of hydrogen-bond acceptors (Lipinski definition) is 7. The number of Topliss-reactive ketones (excluding diaryl/α,β-unsaturated/α-hetero) is 1. The van der Waals surface area contributed by atoms with Crippen LogP contribution < -0.4 is 18.9 Å². The van der Waals surface area contributed by atoms with Gasteiger partial charge in [-0.3, -0.25) is 4.79 Å². The van der Waals surface area contributed by atoms with E-state index in [-0.39, 0.29) is 11.7 Å². The van der Waals surface area contributed by atoms with Crippen molar-refractivity contribution in [3.8, 4) is 23.0 Å². The van der Waals surface area contributed by atoms with E-state index in [9.17, 15) is 4.79 Å². The molecule has 0 aliphatic carbocycles. The maximum atomic E-state index is 12.3. The highest BCUT2D eigenvalue weighted by Crippen LogP contribution is 2.39. The van der Waals surface area contributed by atoms with Crippen LogP contribution in [0.1, 0.15) is 42.9 Å². The van der Waals surface area contributed by atoms with Gasteiger partial charge >= 0.3 is 0 Å². The third-order valence-corrected chi connectivity index (χ3v) is 5.20. The molecule has 0 spiro atoms.